The van der Waals surface area contributed by atoms with Gasteiger partial charge in [0, 0.05) is 12.1 Å². The summed E-state index contributed by atoms with van der Waals surface area (Å²) in [6.45, 7) is 3.32. The molecule has 0 spiro atoms. The Bertz CT molecular complexity index is 195. The number of rotatable bonds is 3. The number of ether oxygens (including phenoxy) is 1. The van der Waals surface area contributed by atoms with E-state index in [-0.39, 0.29) is 17.9 Å². The molecule has 13 heavy (non-hydrogen) atoms. The van der Waals surface area contributed by atoms with Crippen molar-refractivity contribution in [1.82, 2.24) is 5.32 Å². The first-order valence-corrected chi connectivity index (χ1v) is 4.59. The lowest BCUT2D eigenvalue weighted by Crippen LogP contribution is -2.54. The van der Waals surface area contributed by atoms with Gasteiger partial charge in [0.2, 0.25) is 0 Å². The van der Waals surface area contributed by atoms with Crippen LogP contribution in [0.1, 0.15) is 19.8 Å². The lowest BCUT2D eigenvalue weighted by atomic mass is 9.78. The maximum Gasteiger partial charge on any atom is 0.305 e. The number of nitrogens with one attached hydrogen (secondary N) is 1. The summed E-state index contributed by atoms with van der Waals surface area (Å²) in [6, 6.07) is 0. The molecule has 0 aliphatic carbocycles. The second kappa shape index (κ2) is 4.07. The molecule has 1 heterocycles. The molecule has 1 aliphatic rings. The quantitative estimate of drug-likeness (QED) is 0.674. The van der Waals surface area contributed by atoms with Gasteiger partial charge in [-0.05, 0) is 19.4 Å². The van der Waals surface area contributed by atoms with Crippen LogP contribution < -0.4 is 5.32 Å². The minimum absolute atomic E-state index is 0.175. The minimum Gasteiger partial charge on any atom is -0.481 e. The molecule has 2 N–H and O–H groups in total. The van der Waals surface area contributed by atoms with Crippen LogP contribution >= 0.6 is 0 Å². The lowest BCUT2D eigenvalue weighted by molar-refractivity contribution is -0.141. The third-order valence-corrected chi connectivity index (χ3v) is 2.97. The fourth-order valence-corrected chi connectivity index (χ4v) is 1.91. The van der Waals surface area contributed by atoms with Crippen molar-refractivity contribution in [2.75, 3.05) is 20.3 Å². The Morgan fingerprint density at radius 1 is 1.77 bits per heavy atom. The maximum atomic E-state index is 10.7. The standard InChI is InChI=1S/C9H17NO3/c1-7-6-13-4-3-9(7,10-2)5-8(11)12/h7,10H,3-6H2,1-2H3,(H,11,12). The number of carboxylic acids is 1. The predicted molar refractivity (Wildman–Crippen MR) is 48.6 cm³/mol. The molecule has 1 fully saturated rings. The number of hydrogen-bond acceptors (Lipinski definition) is 3. The molecular weight excluding hydrogens is 170 g/mol. The van der Waals surface area contributed by atoms with Crippen molar-refractivity contribution in [2.24, 2.45) is 5.92 Å². The highest BCUT2D eigenvalue weighted by atomic mass is 16.5. The summed E-state index contributed by atoms with van der Waals surface area (Å²) in [6.07, 6.45) is 0.949. The van der Waals surface area contributed by atoms with Crippen molar-refractivity contribution in [3.8, 4) is 0 Å². The molecule has 4 heteroatoms. The molecule has 1 aliphatic heterocycles. The second-order valence-corrected chi connectivity index (χ2v) is 3.70. The number of carbonyl (C=O) groups is 1. The second-order valence-electron chi connectivity index (χ2n) is 3.70. The molecule has 0 radical (unpaired) electrons. The summed E-state index contributed by atoms with van der Waals surface area (Å²) in [5.41, 5.74) is -0.274. The summed E-state index contributed by atoms with van der Waals surface area (Å²) < 4.78 is 5.29. The average molecular weight is 187 g/mol. The molecule has 4 nitrogen and oxygen atoms in total. The van der Waals surface area contributed by atoms with Crippen LogP contribution in [0.3, 0.4) is 0 Å². The van der Waals surface area contributed by atoms with Gasteiger partial charge >= 0.3 is 5.97 Å². The molecule has 0 amide bonds. The molecule has 2 unspecified atom stereocenters. The molecule has 1 saturated heterocycles. The highest BCUT2D eigenvalue weighted by Crippen LogP contribution is 2.29. The number of aliphatic carboxylic acids is 1. The van der Waals surface area contributed by atoms with E-state index >= 15 is 0 Å². The van der Waals surface area contributed by atoms with Gasteiger partial charge in [-0.15, -0.1) is 0 Å². The van der Waals surface area contributed by atoms with E-state index < -0.39 is 5.97 Å². The van der Waals surface area contributed by atoms with Gasteiger partial charge in [0.1, 0.15) is 0 Å². The smallest absolute Gasteiger partial charge is 0.305 e. The average Bonchev–Trinajstić information content (AvgIpc) is 2.08. The summed E-state index contributed by atoms with van der Waals surface area (Å²) >= 11 is 0. The van der Waals surface area contributed by atoms with Crippen molar-refractivity contribution in [3.05, 3.63) is 0 Å². The van der Waals surface area contributed by atoms with Gasteiger partial charge < -0.3 is 15.2 Å². The third-order valence-electron chi connectivity index (χ3n) is 2.97. The normalized spacial score (nSPS) is 34.5. The number of carboxylic acid groups (broad SMARTS) is 1. The number of hydrogen-bond donors (Lipinski definition) is 2. The van der Waals surface area contributed by atoms with Gasteiger partial charge in [0.05, 0.1) is 13.0 Å². The first-order chi connectivity index (χ1) is 6.10. The van der Waals surface area contributed by atoms with Crippen molar-refractivity contribution >= 4 is 5.97 Å². The Balaban J connectivity index is 2.69. The van der Waals surface area contributed by atoms with E-state index in [1.165, 1.54) is 0 Å². The first-order valence-electron chi connectivity index (χ1n) is 4.59. The SMILES string of the molecule is CNC1(CC(=O)O)CCOCC1C. The van der Waals surface area contributed by atoms with Crippen molar-refractivity contribution in [3.63, 3.8) is 0 Å². The Hall–Kier alpha value is -0.610. The van der Waals surface area contributed by atoms with Crippen LogP contribution in [0.5, 0.6) is 0 Å². The molecule has 0 aromatic rings. The molecule has 2 atom stereocenters. The Kier molecular flexibility index (Phi) is 3.27. The van der Waals surface area contributed by atoms with Crippen LogP contribution in [0.4, 0.5) is 0 Å². The molecule has 1 rings (SSSR count). The zero-order valence-corrected chi connectivity index (χ0v) is 8.17. The van der Waals surface area contributed by atoms with Gasteiger partial charge in [-0.2, -0.15) is 0 Å². The third kappa shape index (κ3) is 2.19. The van der Waals surface area contributed by atoms with Crippen molar-refractivity contribution in [1.29, 1.82) is 0 Å². The summed E-state index contributed by atoms with van der Waals surface area (Å²) in [7, 11) is 1.82. The van der Waals surface area contributed by atoms with E-state index in [4.69, 9.17) is 9.84 Å². The van der Waals surface area contributed by atoms with Gasteiger partial charge in [0.25, 0.3) is 0 Å². The Morgan fingerprint density at radius 2 is 2.46 bits per heavy atom. The van der Waals surface area contributed by atoms with Crippen molar-refractivity contribution in [2.45, 2.75) is 25.3 Å². The first kappa shape index (κ1) is 10.5. The molecule has 0 bridgehead atoms. The zero-order valence-electron chi connectivity index (χ0n) is 8.17. The van der Waals surface area contributed by atoms with Gasteiger partial charge in [-0.25, -0.2) is 0 Å². The zero-order chi connectivity index (χ0) is 9.90. The van der Waals surface area contributed by atoms with E-state index in [1.807, 2.05) is 14.0 Å². The fourth-order valence-electron chi connectivity index (χ4n) is 1.91. The van der Waals surface area contributed by atoms with Crippen LogP contribution in [-0.4, -0.2) is 36.9 Å². The topological polar surface area (TPSA) is 58.6 Å². The molecular formula is C9H17NO3. The summed E-state index contributed by atoms with van der Waals surface area (Å²) in [5, 5.41) is 11.9. The lowest BCUT2D eigenvalue weighted by Gasteiger charge is -2.41. The molecule has 0 saturated carbocycles. The van der Waals surface area contributed by atoms with Crippen LogP contribution in [0.15, 0.2) is 0 Å². The largest absolute Gasteiger partial charge is 0.481 e. The van der Waals surface area contributed by atoms with E-state index in [0.29, 0.717) is 13.2 Å². The Morgan fingerprint density at radius 3 is 2.92 bits per heavy atom. The van der Waals surface area contributed by atoms with E-state index in [9.17, 15) is 4.79 Å². The fraction of sp³-hybridized carbons (Fsp3) is 0.889. The summed E-state index contributed by atoms with van der Waals surface area (Å²) in [4.78, 5) is 10.7. The maximum absolute atomic E-state index is 10.7. The van der Waals surface area contributed by atoms with Gasteiger partial charge in [-0.1, -0.05) is 6.92 Å². The van der Waals surface area contributed by atoms with E-state index in [2.05, 4.69) is 5.32 Å². The molecule has 76 valence electrons. The van der Waals surface area contributed by atoms with E-state index in [1.54, 1.807) is 0 Å². The van der Waals surface area contributed by atoms with Gasteiger partial charge in [0.15, 0.2) is 0 Å². The summed E-state index contributed by atoms with van der Waals surface area (Å²) in [5.74, 6) is -0.495. The molecule has 0 aromatic carbocycles. The minimum atomic E-state index is -0.747. The van der Waals surface area contributed by atoms with Crippen LogP contribution in [0.2, 0.25) is 0 Å². The predicted octanol–water partition coefficient (Wildman–Crippen LogP) is 0.476. The monoisotopic (exact) mass is 187 g/mol. The Labute approximate surface area is 78.3 Å². The van der Waals surface area contributed by atoms with Crippen molar-refractivity contribution < 1.29 is 14.6 Å². The van der Waals surface area contributed by atoms with Gasteiger partial charge in [-0.3, -0.25) is 4.79 Å². The highest BCUT2D eigenvalue weighted by molar-refractivity contribution is 5.68. The van der Waals surface area contributed by atoms with Crippen LogP contribution in [0.25, 0.3) is 0 Å². The van der Waals surface area contributed by atoms with Crippen LogP contribution in [-0.2, 0) is 9.53 Å². The van der Waals surface area contributed by atoms with Crippen LogP contribution in [0, 0.1) is 5.92 Å². The van der Waals surface area contributed by atoms with E-state index in [0.717, 1.165) is 6.42 Å². The highest BCUT2D eigenvalue weighted by Gasteiger charge is 2.39. The molecule has 0 aromatic heterocycles.